The van der Waals surface area contributed by atoms with E-state index in [1.807, 2.05) is 6.07 Å². The van der Waals surface area contributed by atoms with E-state index in [4.69, 9.17) is 0 Å². The first kappa shape index (κ1) is 27.8. The molecule has 0 atom stereocenters. The van der Waals surface area contributed by atoms with Gasteiger partial charge in [-0.05, 0) is 54.8 Å². The van der Waals surface area contributed by atoms with Crippen molar-refractivity contribution < 1.29 is 9.50 Å². The number of hydrogen-bond acceptors (Lipinski definition) is 3. The fraction of sp³-hybridized carbons (Fsp3) is 0.400. The summed E-state index contributed by atoms with van der Waals surface area (Å²) in [6, 6.07) is 18.6. The number of nitro groups is 1. The van der Waals surface area contributed by atoms with E-state index in [-0.39, 0.29) is 21.4 Å². The molecule has 0 saturated carbocycles. The Labute approximate surface area is 238 Å². The minimum atomic E-state index is -0.337. The number of hydrogen-bond donors (Lipinski definition) is 0. The van der Waals surface area contributed by atoms with E-state index in [1.54, 1.807) is 12.1 Å². The number of anilines is 1. The summed E-state index contributed by atoms with van der Waals surface area (Å²) in [5, 5.41) is 14.2. The summed E-state index contributed by atoms with van der Waals surface area (Å²) in [4.78, 5) is 13.6. The van der Waals surface area contributed by atoms with Gasteiger partial charge in [0.25, 0.3) is 5.69 Å². The van der Waals surface area contributed by atoms with Crippen molar-refractivity contribution in [1.29, 1.82) is 0 Å². The SMILES string of the molecule is CCCCN1/C(=C\C=C\C2=[N+](CCCC)c3ccc4ccccc4c3C2(C)C)C(C)(C)c2cc([N+](=O)[O-])ccc21. The Morgan fingerprint density at radius 1 is 0.950 bits per heavy atom. The number of allylic oxidation sites excluding steroid dienone is 4. The minimum absolute atomic E-state index is 0.143. The molecule has 0 aliphatic carbocycles. The molecule has 0 unspecified atom stereocenters. The van der Waals surface area contributed by atoms with Crippen molar-refractivity contribution >= 4 is 33.5 Å². The second kappa shape index (κ2) is 10.7. The molecule has 40 heavy (non-hydrogen) atoms. The second-order valence-corrected chi connectivity index (χ2v) is 12.2. The van der Waals surface area contributed by atoms with Gasteiger partial charge in [-0.3, -0.25) is 10.1 Å². The van der Waals surface area contributed by atoms with Crippen LogP contribution in [0.25, 0.3) is 10.8 Å². The maximum absolute atomic E-state index is 11.6. The van der Waals surface area contributed by atoms with Gasteiger partial charge in [-0.2, -0.15) is 4.58 Å². The molecule has 5 rings (SSSR count). The Morgan fingerprint density at radius 3 is 2.42 bits per heavy atom. The highest BCUT2D eigenvalue weighted by atomic mass is 16.6. The molecular weight excluding hydrogens is 494 g/mol. The topological polar surface area (TPSA) is 49.4 Å². The molecule has 0 amide bonds. The second-order valence-electron chi connectivity index (χ2n) is 12.2. The van der Waals surface area contributed by atoms with Gasteiger partial charge in [0.15, 0.2) is 5.71 Å². The third kappa shape index (κ3) is 4.55. The van der Waals surface area contributed by atoms with Crippen LogP contribution in [0.5, 0.6) is 0 Å². The van der Waals surface area contributed by atoms with Gasteiger partial charge in [0.2, 0.25) is 5.69 Å². The Kier molecular flexibility index (Phi) is 7.43. The molecule has 0 fully saturated rings. The molecule has 5 nitrogen and oxygen atoms in total. The standard InChI is InChI=1S/C35H42N3O2/c1-7-9-22-36-29-21-19-26(38(39)40)24-28(29)34(3,4)31(36)16-13-17-32-35(5,6)33-27-15-12-11-14-25(27)18-20-30(33)37(32)23-10-8-2/h11-21,24H,7-10,22-23H2,1-6H3/q+1. The number of non-ortho nitro benzene ring substituents is 1. The van der Waals surface area contributed by atoms with Gasteiger partial charge in [-0.1, -0.05) is 70.9 Å². The molecule has 0 bridgehead atoms. The number of fused-ring (bicyclic) bond motifs is 4. The summed E-state index contributed by atoms with van der Waals surface area (Å²) in [5.74, 6) is 0. The van der Waals surface area contributed by atoms with E-state index in [0.717, 1.165) is 50.0 Å². The van der Waals surface area contributed by atoms with Crippen LogP contribution >= 0.6 is 0 Å². The Balaban J connectivity index is 1.59. The lowest BCUT2D eigenvalue weighted by molar-refractivity contribution is -0.438. The Morgan fingerprint density at radius 2 is 1.70 bits per heavy atom. The van der Waals surface area contributed by atoms with Crippen LogP contribution in [0.3, 0.4) is 0 Å². The zero-order valence-corrected chi connectivity index (χ0v) is 24.8. The van der Waals surface area contributed by atoms with E-state index in [1.165, 1.54) is 33.4 Å². The van der Waals surface area contributed by atoms with Crippen LogP contribution in [0.4, 0.5) is 17.1 Å². The van der Waals surface area contributed by atoms with Gasteiger partial charge < -0.3 is 4.90 Å². The normalized spacial score (nSPS) is 18.2. The highest BCUT2D eigenvalue weighted by Crippen LogP contribution is 2.49. The van der Waals surface area contributed by atoms with Gasteiger partial charge >= 0.3 is 0 Å². The summed E-state index contributed by atoms with van der Waals surface area (Å²) in [5.41, 5.74) is 7.00. The van der Waals surface area contributed by atoms with E-state index >= 15 is 0 Å². The van der Waals surface area contributed by atoms with E-state index in [2.05, 4.69) is 106 Å². The third-order valence-electron chi connectivity index (χ3n) is 8.82. The molecule has 0 aromatic heterocycles. The van der Waals surface area contributed by atoms with Crippen LogP contribution in [-0.2, 0) is 10.8 Å². The molecule has 3 aromatic carbocycles. The highest BCUT2D eigenvalue weighted by molar-refractivity contribution is 6.07. The number of nitro benzene ring substituents is 1. The zero-order valence-electron chi connectivity index (χ0n) is 24.8. The Hall–Kier alpha value is -3.73. The van der Waals surface area contributed by atoms with E-state index < -0.39 is 0 Å². The summed E-state index contributed by atoms with van der Waals surface area (Å²) in [7, 11) is 0. The first-order valence-corrected chi connectivity index (χ1v) is 14.7. The molecule has 0 saturated heterocycles. The molecule has 5 heteroatoms. The van der Waals surface area contributed by atoms with Gasteiger partial charge in [0.05, 0.1) is 10.3 Å². The number of benzene rings is 3. The summed E-state index contributed by atoms with van der Waals surface area (Å²) in [6.45, 7) is 15.4. The van der Waals surface area contributed by atoms with Crippen LogP contribution in [0.15, 0.2) is 78.5 Å². The first-order valence-electron chi connectivity index (χ1n) is 14.7. The lowest BCUT2D eigenvalue weighted by atomic mass is 9.79. The largest absolute Gasteiger partial charge is 0.344 e. The lowest BCUT2D eigenvalue weighted by Crippen LogP contribution is -2.28. The molecule has 0 spiro atoms. The monoisotopic (exact) mass is 536 g/mol. The summed E-state index contributed by atoms with van der Waals surface area (Å²) in [6.07, 6.45) is 11.2. The average Bonchev–Trinajstić information content (AvgIpc) is 3.28. The molecule has 2 aliphatic heterocycles. The van der Waals surface area contributed by atoms with Crippen molar-refractivity contribution in [3.8, 4) is 0 Å². The van der Waals surface area contributed by atoms with Crippen molar-refractivity contribution in [2.24, 2.45) is 0 Å². The van der Waals surface area contributed by atoms with Crippen molar-refractivity contribution in [2.45, 2.75) is 78.1 Å². The van der Waals surface area contributed by atoms with Crippen molar-refractivity contribution in [3.05, 3.63) is 99.8 Å². The quantitative estimate of drug-likeness (QED) is 0.156. The smallest absolute Gasteiger partial charge is 0.269 e. The van der Waals surface area contributed by atoms with Gasteiger partial charge in [0.1, 0.15) is 6.54 Å². The first-order chi connectivity index (χ1) is 19.1. The van der Waals surface area contributed by atoms with Crippen LogP contribution in [0.2, 0.25) is 0 Å². The van der Waals surface area contributed by atoms with Crippen LogP contribution < -0.4 is 4.90 Å². The van der Waals surface area contributed by atoms with Gasteiger partial charge in [-0.25, -0.2) is 0 Å². The molecule has 2 heterocycles. The fourth-order valence-corrected chi connectivity index (χ4v) is 6.66. The lowest BCUT2D eigenvalue weighted by Gasteiger charge is -2.27. The predicted octanol–water partition coefficient (Wildman–Crippen LogP) is 8.96. The zero-order chi connectivity index (χ0) is 28.7. The van der Waals surface area contributed by atoms with Gasteiger partial charge in [-0.15, -0.1) is 0 Å². The van der Waals surface area contributed by atoms with Crippen LogP contribution in [0.1, 0.15) is 78.4 Å². The number of rotatable bonds is 9. The molecule has 0 N–H and O–H groups in total. The van der Waals surface area contributed by atoms with Gasteiger partial charge in [0, 0.05) is 59.6 Å². The maximum Gasteiger partial charge on any atom is 0.269 e. The summed E-state index contributed by atoms with van der Waals surface area (Å²) >= 11 is 0. The molecule has 208 valence electrons. The molecule has 0 radical (unpaired) electrons. The van der Waals surface area contributed by atoms with Crippen molar-refractivity contribution in [3.63, 3.8) is 0 Å². The van der Waals surface area contributed by atoms with Crippen LogP contribution in [-0.4, -0.2) is 28.3 Å². The van der Waals surface area contributed by atoms with E-state index in [9.17, 15) is 10.1 Å². The van der Waals surface area contributed by atoms with Crippen molar-refractivity contribution in [2.75, 3.05) is 18.0 Å². The van der Waals surface area contributed by atoms with Crippen LogP contribution in [0, 0.1) is 10.1 Å². The molecule has 3 aromatic rings. The minimum Gasteiger partial charge on any atom is -0.344 e. The third-order valence-corrected chi connectivity index (χ3v) is 8.82. The maximum atomic E-state index is 11.6. The average molecular weight is 537 g/mol. The Bertz CT molecular complexity index is 1560. The molecule has 2 aliphatic rings. The predicted molar refractivity (Wildman–Crippen MR) is 167 cm³/mol. The molecular formula is C35H42N3O2+. The number of unbranched alkanes of at least 4 members (excludes halogenated alkanes) is 2. The van der Waals surface area contributed by atoms with E-state index in [0.29, 0.717) is 0 Å². The summed E-state index contributed by atoms with van der Waals surface area (Å²) < 4.78 is 2.52. The highest BCUT2D eigenvalue weighted by Gasteiger charge is 2.45. The fourth-order valence-electron chi connectivity index (χ4n) is 6.66. The number of nitrogens with zero attached hydrogens (tertiary/aromatic N) is 3. The van der Waals surface area contributed by atoms with Crippen molar-refractivity contribution in [1.82, 2.24) is 0 Å².